The fourth-order valence-corrected chi connectivity index (χ4v) is 4.50. The molecule has 0 saturated heterocycles. The third-order valence-electron chi connectivity index (χ3n) is 4.83. The van der Waals surface area contributed by atoms with Crippen molar-refractivity contribution >= 4 is 33.0 Å². The Morgan fingerprint density at radius 2 is 1.56 bits per heavy atom. The Labute approximate surface area is 186 Å². The van der Waals surface area contributed by atoms with Crippen LogP contribution in [0.1, 0.15) is 25.3 Å². The zero-order chi connectivity index (χ0) is 23.3. The third kappa shape index (κ3) is 5.30. The van der Waals surface area contributed by atoms with Gasteiger partial charge in [0.15, 0.2) is 0 Å². The Kier molecular flexibility index (Phi) is 6.89. The second kappa shape index (κ2) is 9.61. The molecule has 0 radical (unpaired) electrons. The van der Waals surface area contributed by atoms with E-state index in [0.29, 0.717) is 11.6 Å². The van der Waals surface area contributed by atoms with Gasteiger partial charge in [-0.1, -0.05) is 44.2 Å². The molecule has 3 aromatic carbocycles. The molecule has 0 aromatic heterocycles. The summed E-state index contributed by atoms with van der Waals surface area (Å²) in [4.78, 5) is 23.1. The largest absolute Gasteiger partial charge is 0.325 e. The van der Waals surface area contributed by atoms with E-state index in [1.165, 1.54) is 36.4 Å². The molecule has 0 fully saturated rings. The molecule has 1 N–H and O–H groups in total. The van der Waals surface area contributed by atoms with Crippen molar-refractivity contribution in [2.45, 2.75) is 24.7 Å². The first kappa shape index (κ1) is 23.0. The summed E-state index contributed by atoms with van der Waals surface area (Å²) in [7, 11) is -4.09. The van der Waals surface area contributed by atoms with Crippen LogP contribution in [-0.4, -0.2) is 25.8 Å². The van der Waals surface area contributed by atoms with Crippen LogP contribution in [-0.2, 0) is 14.8 Å². The first-order valence-corrected chi connectivity index (χ1v) is 11.3. The van der Waals surface area contributed by atoms with E-state index >= 15 is 0 Å². The van der Waals surface area contributed by atoms with Crippen LogP contribution in [0.2, 0.25) is 0 Å². The number of nitro benzene ring substituents is 1. The summed E-state index contributed by atoms with van der Waals surface area (Å²) in [5.41, 5.74) is 1.62. The molecular formula is C23H23N3O5S. The van der Waals surface area contributed by atoms with Crippen molar-refractivity contribution in [1.82, 2.24) is 0 Å². The van der Waals surface area contributed by atoms with E-state index in [9.17, 15) is 23.3 Å². The van der Waals surface area contributed by atoms with Crippen LogP contribution in [0.15, 0.2) is 83.8 Å². The first-order valence-electron chi connectivity index (χ1n) is 9.90. The molecule has 166 valence electrons. The normalized spacial score (nSPS) is 11.2. The molecule has 1 amide bonds. The van der Waals surface area contributed by atoms with Crippen LogP contribution in [0.3, 0.4) is 0 Å². The lowest BCUT2D eigenvalue weighted by atomic mass is 10.0. The molecule has 0 aliphatic heterocycles. The average Bonchev–Trinajstić information content (AvgIpc) is 2.78. The second-order valence-corrected chi connectivity index (χ2v) is 9.29. The van der Waals surface area contributed by atoms with E-state index in [1.807, 2.05) is 12.1 Å². The number of nitrogens with one attached hydrogen (secondary N) is 1. The molecule has 0 atom stereocenters. The van der Waals surface area contributed by atoms with Crippen LogP contribution in [0.4, 0.5) is 17.1 Å². The van der Waals surface area contributed by atoms with Gasteiger partial charge in [-0.3, -0.25) is 19.2 Å². The van der Waals surface area contributed by atoms with Crippen LogP contribution in [0, 0.1) is 10.1 Å². The number of anilines is 2. The topological polar surface area (TPSA) is 110 Å². The lowest BCUT2D eigenvalue weighted by molar-refractivity contribution is -0.384. The minimum absolute atomic E-state index is 0.00689. The maximum Gasteiger partial charge on any atom is 0.269 e. The molecule has 0 aliphatic rings. The summed E-state index contributed by atoms with van der Waals surface area (Å²) in [5, 5.41) is 13.7. The van der Waals surface area contributed by atoms with Gasteiger partial charge in [-0.05, 0) is 47.9 Å². The lowest BCUT2D eigenvalue weighted by Gasteiger charge is -2.24. The number of benzene rings is 3. The fourth-order valence-electron chi connectivity index (χ4n) is 3.06. The molecule has 0 bridgehead atoms. The van der Waals surface area contributed by atoms with E-state index in [4.69, 9.17) is 0 Å². The third-order valence-corrected chi connectivity index (χ3v) is 6.62. The number of nitrogens with zero attached hydrogens (tertiary/aromatic N) is 2. The molecule has 0 saturated carbocycles. The molecule has 8 nitrogen and oxygen atoms in total. The average molecular weight is 454 g/mol. The zero-order valence-corrected chi connectivity index (χ0v) is 18.5. The summed E-state index contributed by atoms with van der Waals surface area (Å²) in [6.07, 6.45) is 0. The van der Waals surface area contributed by atoms with Gasteiger partial charge in [0.1, 0.15) is 6.54 Å². The van der Waals surface area contributed by atoms with Gasteiger partial charge in [0.05, 0.1) is 15.5 Å². The lowest BCUT2D eigenvalue weighted by Crippen LogP contribution is -2.38. The van der Waals surface area contributed by atoms with Crippen molar-refractivity contribution in [2.75, 3.05) is 16.2 Å². The summed E-state index contributed by atoms with van der Waals surface area (Å²) in [6, 6.07) is 20.0. The molecule has 9 heteroatoms. The van der Waals surface area contributed by atoms with Crippen molar-refractivity contribution in [3.05, 3.63) is 94.5 Å². The Morgan fingerprint density at radius 1 is 0.969 bits per heavy atom. The Balaban J connectivity index is 1.90. The molecular weight excluding hydrogens is 430 g/mol. The summed E-state index contributed by atoms with van der Waals surface area (Å²) >= 11 is 0. The SMILES string of the molecule is CC(C)c1ccc(NC(=O)CN(c2ccc([N+](=O)[O-])cc2)S(=O)(=O)c2ccccc2)cc1. The molecule has 3 aromatic rings. The van der Waals surface area contributed by atoms with Gasteiger partial charge in [0, 0.05) is 17.8 Å². The second-order valence-electron chi connectivity index (χ2n) is 7.42. The standard InChI is InChI=1S/C23H23N3O5S/c1-17(2)18-8-10-19(11-9-18)24-23(27)16-25(20-12-14-21(15-13-20)26(28)29)32(30,31)22-6-4-3-5-7-22/h3-15,17H,16H2,1-2H3,(H,24,27). The molecule has 0 unspecified atom stereocenters. The minimum atomic E-state index is -4.09. The number of hydrogen-bond acceptors (Lipinski definition) is 5. The highest BCUT2D eigenvalue weighted by Gasteiger charge is 2.27. The number of rotatable bonds is 8. The van der Waals surface area contributed by atoms with E-state index in [1.54, 1.807) is 30.3 Å². The van der Waals surface area contributed by atoms with E-state index in [-0.39, 0.29) is 16.3 Å². The maximum atomic E-state index is 13.3. The Hall–Kier alpha value is -3.72. The van der Waals surface area contributed by atoms with Crippen LogP contribution >= 0.6 is 0 Å². The number of nitro groups is 1. The summed E-state index contributed by atoms with van der Waals surface area (Å²) in [5.74, 6) is -0.200. The molecule has 0 spiro atoms. The Bertz CT molecular complexity index is 1190. The number of hydrogen-bond donors (Lipinski definition) is 1. The summed E-state index contributed by atoms with van der Waals surface area (Å²) in [6.45, 7) is 3.62. The van der Waals surface area contributed by atoms with Crippen LogP contribution in [0.5, 0.6) is 0 Å². The van der Waals surface area contributed by atoms with Crippen molar-refractivity contribution in [3.8, 4) is 0 Å². The van der Waals surface area contributed by atoms with Crippen molar-refractivity contribution in [2.24, 2.45) is 0 Å². The number of carbonyl (C=O) groups is 1. The highest BCUT2D eigenvalue weighted by atomic mass is 32.2. The van der Waals surface area contributed by atoms with E-state index < -0.39 is 27.4 Å². The zero-order valence-electron chi connectivity index (χ0n) is 17.6. The van der Waals surface area contributed by atoms with Gasteiger partial charge in [-0.15, -0.1) is 0 Å². The first-order chi connectivity index (χ1) is 15.2. The predicted molar refractivity (Wildman–Crippen MR) is 123 cm³/mol. The Morgan fingerprint density at radius 3 is 2.09 bits per heavy atom. The number of non-ortho nitro benzene ring substituents is 1. The smallest absolute Gasteiger partial charge is 0.269 e. The van der Waals surface area contributed by atoms with Gasteiger partial charge < -0.3 is 5.32 Å². The number of sulfonamides is 1. The van der Waals surface area contributed by atoms with E-state index in [0.717, 1.165) is 9.87 Å². The van der Waals surface area contributed by atoms with Crippen molar-refractivity contribution < 1.29 is 18.1 Å². The van der Waals surface area contributed by atoms with Gasteiger partial charge in [0.25, 0.3) is 15.7 Å². The number of amides is 1. The monoisotopic (exact) mass is 453 g/mol. The maximum absolute atomic E-state index is 13.3. The van der Waals surface area contributed by atoms with Crippen molar-refractivity contribution in [3.63, 3.8) is 0 Å². The molecule has 3 rings (SSSR count). The quantitative estimate of drug-likeness (QED) is 0.397. The van der Waals surface area contributed by atoms with Crippen LogP contribution in [0.25, 0.3) is 0 Å². The minimum Gasteiger partial charge on any atom is -0.325 e. The molecule has 0 heterocycles. The predicted octanol–water partition coefficient (Wildman–Crippen LogP) is 4.55. The van der Waals surface area contributed by atoms with Crippen LogP contribution < -0.4 is 9.62 Å². The van der Waals surface area contributed by atoms with Gasteiger partial charge in [-0.25, -0.2) is 8.42 Å². The molecule has 32 heavy (non-hydrogen) atoms. The highest BCUT2D eigenvalue weighted by molar-refractivity contribution is 7.92. The van der Waals surface area contributed by atoms with Crippen molar-refractivity contribution in [1.29, 1.82) is 0 Å². The fraction of sp³-hybridized carbons (Fsp3) is 0.174. The van der Waals surface area contributed by atoms with Gasteiger partial charge in [-0.2, -0.15) is 0 Å². The van der Waals surface area contributed by atoms with Gasteiger partial charge >= 0.3 is 0 Å². The molecule has 0 aliphatic carbocycles. The van der Waals surface area contributed by atoms with Gasteiger partial charge in [0.2, 0.25) is 5.91 Å². The highest BCUT2D eigenvalue weighted by Crippen LogP contribution is 2.26. The summed E-state index contributed by atoms with van der Waals surface area (Å²) < 4.78 is 27.5. The number of carbonyl (C=O) groups excluding carboxylic acids is 1. The van der Waals surface area contributed by atoms with E-state index in [2.05, 4.69) is 19.2 Å².